The molecular formula is C15H20Br3N2O2+. The topological polar surface area (TPSA) is 52.3 Å². The molecule has 1 aliphatic heterocycles. The molecular weight excluding hydrogens is 480 g/mol. The highest BCUT2D eigenvalue weighted by atomic mass is 79.9. The third kappa shape index (κ3) is 3.52. The van der Waals surface area contributed by atoms with E-state index in [1.165, 1.54) is 0 Å². The van der Waals surface area contributed by atoms with Crippen molar-refractivity contribution in [2.75, 3.05) is 27.2 Å². The van der Waals surface area contributed by atoms with Gasteiger partial charge in [-0.1, -0.05) is 0 Å². The van der Waals surface area contributed by atoms with Gasteiger partial charge in [0.25, 0.3) is 5.91 Å². The van der Waals surface area contributed by atoms with Crippen LogP contribution >= 0.6 is 47.8 Å². The summed E-state index contributed by atoms with van der Waals surface area (Å²) in [7, 11) is 3.78. The Morgan fingerprint density at radius 2 is 2.05 bits per heavy atom. The molecule has 122 valence electrons. The van der Waals surface area contributed by atoms with Gasteiger partial charge < -0.3 is 15.0 Å². The maximum Gasteiger partial charge on any atom is 0.275 e. The van der Waals surface area contributed by atoms with Crippen molar-refractivity contribution in [3.05, 3.63) is 25.0 Å². The van der Waals surface area contributed by atoms with Crippen molar-refractivity contribution in [2.24, 2.45) is 5.73 Å². The van der Waals surface area contributed by atoms with E-state index in [1.54, 1.807) is 7.11 Å². The number of rotatable bonds is 5. The molecule has 2 atom stereocenters. The Morgan fingerprint density at radius 1 is 1.36 bits per heavy atom. The first kappa shape index (κ1) is 18.2. The van der Waals surface area contributed by atoms with E-state index < -0.39 is 0 Å². The van der Waals surface area contributed by atoms with E-state index in [1.807, 2.05) is 6.07 Å². The lowest BCUT2D eigenvalue weighted by Crippen LogP contribution is -2.54. The number of carbonyl (C=O) groups is 1. The Morgan fingerprint density at radius 3 is 2.64 bits per heavy atom. The lowest BCUT2D eigenvalue weighted by Gasteiger charge is -2.34. The van der Waals surface area contributed by atoms with E-state index in [0.717, 1.165) is 61.6 Å². The van der Waals surface area contributed by atoms with Crippen LogP contribution in [0.25, 0.3) is 0 Å². The molecule has 1 aromatic carbocycles. The molecule has 0 aromatic heterocycles. The number of ether oxygens (including phenoxy) is 1. The van der Waals surface area contributed by atoms with Crippen LogP contribution in [0.2, 0.25) is 0 Å². The van der Waals surface area contributed by atoms with Crippen LogP contribution in [0.5, 0.6) is 5.75 Å². The number of benzene rings is 1. The summed E-state index contributed by atoms with van der Waals surface area (Å²) in [4.78, 5) is 11.7. The number of nitrogens with zero attached hydrogens (tertiary/aromatic N) is 1. The minimum atomic E-state index is -0.186. The molecule has 0 spiro atoms. The van der Waals surface area contributed by atoms with E-state index in [-0.39, 0.29) is 11.9 Å². The molecule has 1 aliphatic rings. The molecule has 1 heterocycles. The van der Waals surface area contributed by atoms with Gasteiger partial charge in [-0.05, 0) is 59.4 Å². The fourth-order valence-electron chi connectivity index (χ4n) is 3.17. The summed E-state index contributed by atoms with van der Waals surface area (Å²) in [6.07, 6.45) is 2.79. The molecule has 1 aromatic rings. The minimum Gasteiger partial charge on any atom is -0.496 e. The predicted molar refractivity (Wildman–Crippen MR) is 97.9 cm³/mol. The van der Waals surface area contributed by atoms with Gasteiger partial charge in [-0.25, -0.2) is 0 Å². The summed E-state index contributed by atoms with van der Waals surface area (Å²) in [6, 6.07) is 1.96. The quantitative estimate of drug-likeness (QED) is 0.497. The number of quaternary nitrogens is 1. The lowest BCUT2D eigenvalue weighted by atomic mass is 10.1. The molecule has 1 amide bonds. The third-order valence-electron chi connectivity index (χ3n) is 4.53. The van der Waals surface area contributed by atoms with Gasteiger partial charge in [0.2, 0.25) is 0 Å². The number of methoxy groups -OCH3 is 1. The molecule has 1 saturated heterocycles. The highest BCUT2D eigenvalue weighted by Crippen LogP contribution is 2.40. The van der Waals surface area contributed by atoms with Crippen LogP contribution in [0, 0.1) is 0 Å². The van der Waals surface area contributed by atoms with Gasteiger partial charge in [0, 0.05) is 28.2 Å². The second-order valence-electron chi connectivity index (χ2n) is 5.92. The molecule has 7 heteroatoms. The Hall–Kier alpha value is -0.110. The van der Waals surface area contributed by atoms with Crippen LogP contribution in [0.1, 0.15) is 18.4 Å². The fraction of sp³-hybridized carbons (Fsp3) is 0.533. The molecule has 1 fully saturated rings. The smallest absolute Gasteiger partial charge is 0.275 e. The first-order valence-electron chi connectivity index (χ1n) is 7.14. The molecule has 4 nitrogen and oxygen atoms in total. The second-order valence-corrected chi connectivity index (χ2v) is 8.30. The second kappa shape index (κ2) is 7.20. The Balaban J connectivity index is 2.21. The van der Waals surface area contributed by atoms with Gasteiger partial charge in [0.1, 0.15) is 5.75 Å². The number of primary amides is 1. The fourth-order valence-corrected chi connectivity index (χ4v) is 4.87. The standard InChI is InChI=1S/C15H19Br3N2O2/c1-20(6-3-4-10(20)15(19)21)7-5-9-8-11(22-2)13(17)14(18)12(9)16/h8,10H,3-7H2,1-2H3,(H-,19,21)/p+1/t10-,20?/m0/s1. The van der Waals surface area contributed by atoms with Gasteiger partial charge in [-0.15, -0.1) is 0 Å². The molecule has 0 saturated carbocycles. The average Bonchev–Trinajstić information content (AvgIpc) is 2.86. The van der Waals surface area contributed by atoms with Crippen LogP contribution in [-0.2, 0) is 11.2 Å². The van der Waals surface area contributed by atoms with E-state index in [2.05, 4.69) is 54.8 Å². The third-order valence-corrected chi connectivity index (χ3v) is 8.08. The predicted octanol–water partition coefficient (Wildman–Crippen LogP) is 3.62. The first-order valence-corrected chi connectivity index (χ1v) is 9.52. The number of halogens is 3. The zero-order valence-corrected chi connectivity index (χ0v) is 17.4. The number of hydrogen-bond acceptors (Lipinski definition) is 2. The molecule has 0 bridgehead atoms. The molecule has 0 radical (unpaired) electrons. The van der Waals surface area contributed by atoms with Gasteiger partial charge in [0.15, 0.2) is 6.04 Å². The van der Waals surface area contributed by atoms with Crippen molar-refractivity contribution in [1.82, 2.24) is 0 Å². The van der Waals surface area contributed by atoms with Crippen molar-refractivity contribution in [3.63, 3.8) is 0 Å². The maximum absolute atomic E-state index is 11.7. The molecule has 22 heavy (non-hydrogen) atoms. The van der Waals surface area contributed by atoms with Crippen molar-refractivity contribution in [1.29, 1.82) is 0 Å². The SMILES string of the molecule is COc1cc(CC[N+]2(C)CCC[C@H]2C(N)=O)c(Br)c(Br)c1Br. The highest BCUT2D eigenvalue weighted by Gasteiger charge is 2.41. The summed E-state index contributed by atoms with van der Waals surface area (Å²) >= 11 is 10.7. The number of likely N-dealkylation sites (tertiary alicyclic amines) is 1. The summed E-state index contributed by atoms with van der Waals surface area (Å²) in [6.45, 7) is 1.88. The van der Waals surface area contributed by atoms with Crippen molar-refractivity contribution < 1.29 is 14.0 Å². The highest BCUT2D eigenvalue weighted by molar-refractivity contribution is 9.14. The van der Waals surface area contributed by atoms with Crippen LogP contribution in [0.3, 0.4) is 0 Å². The van der Waals surface area contributed by atoms with Crippen molar-refractivity contribution >= 4 is 53.7 Å². The minimum absolute atomic E-state index is 0.0699. The summed E-state index contributed by atoms with van der Waals surface area (Å²) < 4.78 is 8.97. The number of likely N-dealkylation sites (N-methyl/N-ethyl adjacent to an activating group) is 1. The number of hydrogen-bond donors (Lipinski definition) is 1. The van der Waals surface area contributed by atoms with Crippen LogP contribution in [0.4, 0.5) is 0 Å². The van der Waals surface area contributed by atoms with Crippen molar-refractivity contribution in [2.45, 2.75) is 25.3 Å². The monoisotopic (exact) mass is 497 g/mol. The van der Waals surface area contributed by atoms with E-state index >= 15 is 0 Å². The Kier molecular flexibility index (Phi) is 5.96. The van der Waals surface area contributed by atoms with Gasteiger partial charge in [-0.2, -0.15) is 0 Å². The van der Waals surface area contributed by atoms with E-state index in [9.17, 15) is 4.79 Å². The van der Waals surface area contributed by atoms with Crippen LogP contribution in [-0.4, -0.2) is 43.7 Å². The van der Waals surface area contributed by atoms with Crippen LogP contribution < -0.4 is 10.5 Å². The first-order chi connectivity index (χ1) is 10.3. The van der Waals surface area contributed by atoms with Crippen molar-refractivity contribution in [3.8, 4) is 5.75 Å². The zero-order valence-electron chi connectivity index (χ0n) is 12.7. The molecule has 0 aliphatic carbocycles. The van der Waals surface area contributed by atoms with E-state index in [4.69, 9.17) is 10.5 Å². The van der Waals surface area contributed by atoms with Gasteiger partial charge >= 0.3 is 0 Å². The maximum atomic E-state index is 11.7. The molecule has 2 rings (SSSR count). The number of amides is 1. The van der Waals surface area contributed by atoms with Gasteiger partial charge in [0.05, 0.1) is 31.7 Å². The van der Waals surface area contributed by atoms with E-state index in [0.29, 0.717) is 0 Å². The Labute approximate surface area is 156 Å². The summed E-state index contributed by atoms with van der Waals surface area (Å²) in [5.41, 5.74) is 6.72. The van der Waals surface area contributed by atoms with Gasteiger partial charge in [-0.3, -0.25) is 4.79 Å². The normalized spacial score (nSPS) is 24.5. The zero-order chi connectivity index (χ0) is 16.5. The average molecular weight is 500 g/mol. The van der Waals surface area contributed by atoms with Crippen LogP contribution in [0.15, 0.2) is 19.5 Å². The largest absolute Gasteiger partial charge is 0.496 e. The summed E-state index contributed by atoms with van der Waals surface area (Å²) in [5.74, 6) is 0.606. The molecule has 2 N–H and O–H groups in total. The lowest BCUT2D eigenvalue weighted by molar-refractivity contribution is -0.912. The summed E-state index contributed by atoms with van der Waals surface area (Å²) in [5, 5.41) is 0. The number of carbonyl (C=O) groups excluding carboxylic acids is 1. The number of nitrogens with two attached hydrogens (primary N) is 1. The Bertz CT molecular complexity index is 595. The molecule has 1 unspecified atom stereocenters.